The molecule has 17 heavy (non-hydrogen) atoms. The van der Waals surface area contributed by atoms with E-state index in [9.17, 15) is 4.79 Å². The molecular weight excluding hydrogens is 216 g/mol. The number of ether oxygens (including phenoxy) is 2. The summed E-state index contributed by atoms with van der Waals surface area (Å²) in [6.07, 6.45) is 2.59. The van der Waals surface area contributed by atoms with E-state index in [-0.39, 0.29) is 18.0 Å². The van der Waals surface area contributed by atoms with Gasteiger partial charge in [0.15, 0.2) is 0 Å². The molecule has 0 aliphatic heterocycles. The molecule has 1 aliphatic carbocycles. The number of rotatable bonds is 3. The van der Waals surface area contributed by atoms with Crippen molar-refractivity contribution >= 4 is 5.97 Å². The predicted molar refractivity (Wildman–Crippen MR) is 64.7 cm³/mol. The van der Waals surface area contributed by atoms with Crippen molar-refractivity contribution in [2.24, 2.45) is 0 Å². The molecule has 0 saturated carbocycles. The second kappa shape index (κ2) is 5.15. The van der Waals surface area contributed by atoms with Crippen molar-refractivity contribution in [2.75, 3.05) is 14.2 Å². The van der Waals surface area contributed by atoms with E-state index < -0.39 is 0 Å². The molecule has 3 nitrogen and oxygen atoms in total. The molecule has 3 heteroatoms. The minimum absolute atomic E-state index is 0.160. The zero-order valence-corrected chi connectivity index (χ0v) is 10.1. The Morgan fingerprint density at radius 1 is 1.24 bits per heavy atom. The lowest BCUT2D eigenvalue weighted by Crippen LogP contribution is -2.17. The van der Waals surface area contributed by atoms with Crippen molar-refractivity contribution in [3.63, 3.8) is 0 Å². The second-order valence-electron chi connectivity index (χ2n) is 4.09. The molecular formula is C14H16O3. The van der Waals surface area contributed by atoms with Gasteiger partial charge >= 0.3 is 5.97 Å². The summed E-state index contributed by atoms with van der Waals surface area (Å²) >= 11 is 0. The Labute approximate surface area is 101 Å². The van der Waals surface area contributed by atoms with Gasteiger partial charge in [-0.3, -0.25) is 0 Å². The van der Waals surface area contributed by atoms with Crippen LogP contribution in [0, 0.1) is 0 Å². The molecule has 1 aromatic rings. The van der Waals surface area contributed by atoms with Crippen LogP contribution < -0.4 is 0 Å². The topological polar surface area (TPSA) is 35.5 Å². The highest BCUT2D eigenvalue weighted by Gasteiger charge is 2.31. The van der Waals surface area contributed by atoms with E-state index in [4.69, 9.17) is 9.47 Å². The van der Waals surface area contributed by atoms with E-state index in [1.54, 1.807) is 7.11 Å². The summed E-state index contributed by atoms with van der Waals surface area (Å²) in [5.74, 6) is -0.0643. The van der Waals surface area contributed by atoms with Crippen molar-refractivity contribution in [3.8, 4) is 0 Å². The van der Waals surface area contributed by atoms with E-state index >= 15 is 0 Å². The molecule has 2 rings (SSSR count). The van der Waals surface area contributed by atoms with Crippen LogP contribution in [0.25, 0.3) is 0 Å². The van der Waals surface area contributed by atoms with Gasteiger partial charge in [-0.1, -0.05) is 36.4 Å². The smallest absolute Gasteiger partial charge is 0.336 e. The maximum Gasteiger partial charge on any atom is 0.336 e. The van der Waals surface area contributed by atoms with Crippen molar-refractivity contribution < 1.29 is 14.3 Å². The number of carbonyl (C=O) groups is 1. The van der Waals surface area contributed by atoms with Crippen molar-refractivity contribution in [2.45, 2.75) is 18.4 Å². The standard InChI is InChI=1S/C14H16O3/c1-16-13-9-11(8-12(13)14(15)17-2)10-6-4-3-5-7-10/h3-8,11,13H,9H2,1-2H3/t11-,13-/m0/s1. The Kier molecular flexibility index (Phi) is 3.59. The number of esters is 1. The first-order valence-electron chi connectivity index (χ1n) is 5.64. The van der Waals surface area contributed by atoms with Gasteiger partial charge in [0.05, 0.1) is 18.8 Å². The summed E-state index contributed by atoms with van der Waals surface area (Å²) in [4.78, 5) is 11.6. The number of benzene rings is 1. The largest absolute Gasteiger partial charge is 0.466 e. The number of hydrogen-bond acceptors (Lipinski definition) is 3. The van der Waals surface area contributed by atoms with Crippen LogP contribution in [0.3, 0.4) is 0 Å². The summed E-state index contributed by atoms with van der Waals surface area (Å²) in [6.45, 7) is 0. The first-order valence-corrected chi connectivity index (χ1v) is 5.64. The Bertz CT molecular complexity index is 422. The molecule has 90 valence electrons. The first kappa shape index (κ1) is 11.9. The average Bonchev–Trinajstić information content (AvgIpc) is 2.83. The van der Waals surface area contributed by atoms with Crippen LogP contribution in [-0.2, 0) is 14.3 Å². The molecule has 0 spiro atoms. The Hall–Kier alpha value is -1.61. The Balaban J connectivity index is 2.24. The van der Waals surface area contributed by atoms with E-state index in [1.165, 1.54) is 12.7 Å². The van der Waals surface area contributed by atoms with Crippen LogP contribution in [0.5, 0.6) is 0 Å². The zero-order chi connectivity index (χ0) is 12.3. The normalized spacial score (nSPS) is 23.3. The third-order valence-electron chi connectivity index (χ3n) is 3.13. The third kappa shape index (κ3) is 2.39. The molecule has 0 aromatic heterocycles. The van der Waals surface area contributed by atoms with Gasteiger partial charge in [-0.2, -0.15) is 0 Å². The highest BCUT2D eigenvalue weighted by Crippen LogP contribution is 2.34. The van der Waals surface area contributed by atoms with Gasteiger partial charge in [-0.05, 0) is 12.0 Å². The lowest BCUT2D eigenvalue weighted by atomic mass is 9.98. The molecule has 0 bridgehead atoms. The maximum atomic E-state index is 11.6. The highest BCUT2D eigenvalue weighted by atomic mass is 16.5. The summed E-state index contributed by atoms with van der Waals surface area (Å²) in [7, 11) is 3.01. The van der Waals surface area contributed by atoms with Crippen molar-refractivity contribution in [1.82, 2.24) is 0 Å². The molecule has 0 heterocycles. The highest BCUT2D eigenvalue weighted by molar-refractivity contribution is 5.90. The van der Waals surface area contributed by atoms with Gasteiger partial charge in [0, 0.05) is 13.0 Å². The van der Waals surface area contributed by atoms with Crippen LogP contribution in [0.4, 0.5) is 0 Å². The van der Waals surface area contributed by atoms with Gasteiger partial charge in [-0.25, -0.2) is 4.79 Å². The average molecular weight is 232 g/mol. The first-order chi connectivity index (χ1) is 8.26. The van der Waals surface area contributed by atoms with Crippen LogP contribution in [-0.4, -0.2) is 26.3 Å². The van der Waals surface area contributed by atoms with Gasteiger partial charge in [-0.15, -0.1) is 0 Å². The molecule has 2 atom stereocenters. The number of allylic oxidation sites excluding steroid dienone is 1. The monoisotopic (exact) mass is 232 g/mol. The van der Waals surface area contributed by atoms with E-state index in [0.717, 1.165) is 6.42 Å². The molecule has 0 N–H and O–H groups in total. The quantitative estimate of drug-likeness (QED) is 0.750. The van der Waals surface area contributed by atoms with Gasteiger partial charge in [0.25, 0.3) is 0 Å². The molecule has 0 saturated heterocycles. The summed E-state index contributed by atoms with van der Waals surface area (Å²) in [5.41, 5.74) is 1.83. The van der Waals surface area contributed by atoms with Crippen molar-refractivity contribution in [1.29, 1.82) is 0 Å². The SMILES string of the molecule is COC(=O)C1=C[C@H](c2ccccc2)C[C@@H]1OC. The van der Waals surface area contributed by atoms with E-state index in [0.29, 0.717) is 5.57 Å². The minimum atomic E-state index is -0.296. The number of methoxy groups -OCH3 is 2. The Morgan fingerprint density at radius 3 is 2.53 bits per heavy atom. The molecule has 0 fully saturated rings. The zero-order valence-electron chi connectivity index (χ0n) is 10.1. The van der Waals surface area contributed by atoms with Crippen LogP contribution in [0.2, 0.25) is 0 Å². The summed E-state index contributed by atoms with van der Waals surface area (Å²) in [6, 6.07) is 10.1. The van der Waals surface area contributed by atoms with Crippen LogP contribution in [0.15, 0.2) is 42.0 Å². The van der Waals surface area contributed by atoms with Gasteiger partial charge in [0.1, 0.15) is 0 Å². The van der Waals surface area contributed by atoms with E-state index in [2.05, 4.69) is 12.1 Å². The molecule has 1 aliphatic rings. The lowest BCUT2D eigenvalue weighted by molar-refractivity contribution is -0.137. The second-order valence-corrected chi connectivity index (χ2v) is 4.09. The summed E-state index contributed by atoms with van der Waals surface area (Å²) in [5, 5.41) is 0. The van der Waals surface area contributed by atoms with Crippen LogP contribution >= 0.6 is 0 Å². The lowest BCUT2D eigenvalue weighted by Gasteiger charge is -2.12. The fourth-order valence-electron chi connectivity index (χ4n) is 2.22. The molecule has 0 amide bonds. The van der Waals surface area contributed by atoms with Gasteiger partial charge < -0.3 is 9.47 Å². The molecule has 0 radical (unpaired) electrons. The number of carbonyl (C=O) groups excluding carboxylic acids is 1. The molecule has 0 unspecified atom stereocenters. The maximum absolute atomic E-state index is 11.6. The van der Waals surface area contributed by atoms with Crippen molar-refractivity contribution in [3.05, 3.63) is 47.5 Å². The minimum Gasteiger partial charge on any atom is -0.466 e. The summed E-state index contributed by atoms with van der Waals surface area (Å²) < 4.78 is 10.1. The third-order valence-corrected chi connectivity index (χ3v) is 3.13. The van der Waals surface area contributed by atoms with Gasteiger partial charge in [0.2, 0.25) is 0 Å². The fourth-order valence-corrected chi connectivity index (χ4v) is 2.22. The number of hydrogen-bond donors (Lipinski definition) is 0. The van der Waals surface area contributed by atoms with E-state index in [1.807, 2.05) is 24.3 Å². The fraction of sp³-hybridized carbons (Fsp3) is 0.357. The Morgan fingerprint density at radius 2 is 1.94 bits per heavy atom. The van der Waals surface area contributed by atoms with Crippen LogP contribution in [0.1, 0.15) is 17.9 Å². The molecule has 1 aromatic carbocycles. The predicted octanol–water partition coefficient (Wildman–Crippen LogP) is 2.29.